The van der Waals surface area contributed by atoms with Gasteiger partial charge in [0, 0.05) is 0 Å². The molecule has 0 aliphatic carbocycles. The normalized spacial score (nSPS) is 12.6. The molecule has 0 spiro atoms. The van der Waals surface area contributed by atoms with Gasteiger partial charge in [0.05, 0.1) is 0 Å². The van der Waals surface area contributed by atoms with Crippen LogP contribution in [-0.2, 0) is 4.79 Å². The predicted octanol–water partition coefficient (Wildman–Crippen LogP) is -1.56. The van der Waals surface area contributed by atoms with Gasteiger partial charge in [-0.3, -0.25) is 4.99 Å². The van der Waals surface area contributed by atoms with E-state index in [0.29, 0.717) is 12.0 Å². The Kier molecular flexibility index (Phi) is 8.71. The molecular formula is C13H16NNaO3. The van der Waals surface area contributed by atoms with Crippen LogP contribution in [0.3, 0.4) is 0 Å². The van der Waals surface area contributed by atoms with E-state index in [1.807, 2.05) is 6.92 Å². The molecule has 4 nitrogen and oxygen atoms in total. The zero-order valence-electron chi connectivity index (χ0n) is 10.8. The molecule has 0 aromatic heterocycles. The number of benzene rings is 1. The van der Waals surface area contributed by atoms with Crippen LogP contribution in [0, 0.1) is 0 Å². The first-order chi connectivity index (χ1) is 8.15. The maximum Gasteiger partial charge on any atom is 1.00 e. The molecule has 1 N–H and O–H groups in total. The van der Waals surface area contributed by atoms with Gasteiger partial charge in [-0.05, 0) is 17.9 Å². The predicted molar refractivity (Wildman–Crippen MR) is 63.9 cm³/mol. The fraction of sp³-hybridized carbons (Fsp3) is 0.385. The van der Waals surface area contributed by atoms with Crippen molar-refractivity contribution in [1.29, 1.82) is 0 Å². The number of rotatable bonds is 6. The molecule has 1 aromatic carbocycles. The van der Waals surface area contributed by atoms with Crippen LogP contribution < -0.4 is 34.7 Å². The fourth-order valence-corrected chi connectivity index (χ4v) is 1.44. The van der Waals surface area contributed by atoms with E-state index in [-0.39, 0.29) is 29.6 Å². The molecule has 0 heterocycles. The number of nitrogens with zero attached hydrogens (tertiary/aromatic N) is 1. The Hall–Kier alpha value is -0.840. The number of carbonyl (C=O) groups is 1. The summed E-state index contributed by atoms with van der Waals surface area (Å²) in [4.78, 5) is 14.7. The molecule has 0 amide bonds. The summed E-state index contributed by atoms with van der Waals surface area (Å²) in [6.07, 6.45) is 2.05. The molecule has 0 fully saturated rings. The first kappa shape index (κ1) is 17.2. The molecule has 0 aliphatic rings. The summed E-state index contributed by atoms with van der Waals surface area (Å²) in [5.41, 5.74) is 0.426. The zero-order valence-corrected chi connectivity index (χ0v) is 12.8. The summed E-state index contributed by atoms with van der Waals surface area (Å²) >= 11 is 0. The third-order valence-corrected chi connectivity index (χ3v) is 2.41. The quantitative estimate of drug-likeness (QED) is 0.380. The molecule has 1 rings (SSSR count). The monoisotopic (exact) mass is 257 g/mol. The van der Waals surface area contributed by atoms with E-state index >= 15 is 0 Å². The van der Waals surface area contributed by atoms with E-state index in [1.54, 1.807) is 30.3 Å². The van der Waals surface area contributed by atoms with Crippen molar-refractivity contribution in [2.24, 2.45) is 4.99 Å². The second-order valence-electron chi connectivity index (χ2n) is 3.80. The molecule has 0 saturated heterocycles. The van der Waals surface area contributed by atoms with Gasteiger partial charge >= 0.3 is 35.5 Å². The zero-order chi connectivity index (χ0) is 12.7. The topological polar surface area (TPSA) is 72.7 Å². The molecule has 0 saturated carbocycles. The smallest absolute Gasteiger partial charge is 0.858 e. The van der Waals surface area contributed by atoms with Crippen molar-refractivity contribution < 1.29 is 44.6 Å². The van der Waals surface area contributed by atoms with E-state index in [4.69, 9.17) is 5.11 Å². The van der Waals surface area contributed by atoms with Gasteiger partial charge < -0.3 is 10.2 Å². The number of carboxylic acid groups (broad SMARTS) is 1. The van der Waals surface area contributed by atoms with Gasteiger partial charge in [-0.1, -0.05) is 50.1 Å². The van der Waals surface area contributed by atoms with E-state index in [9.17, 15) is 9.90 Å². The van der Waals surface area contributed by atoms with Crippen molar-refractivity contribution in [2.45, 2.75) is 32.2 Å². The number of hydrogen-bond donors (Lipinski definition) is 1. The molecule has 1 aromatic rings. The maximum absolute atomic E-state index is 11.7. The standard InChI is InChI=1S/C13H17NO3.Na/c1-2-3-9-11(13(16)17)14-12(15)10-7-5-4-6-8-10;/h4-8,11H,2-3,9H2,1H3,(H,14,15)(H,16,17);/q;+1/p-1. The molecule has 1 unspecified atom stereocenters. The minimum Gasteiger partial charge on any atom is -0.858 e. The Bertz CT molecular complexity index is 392. The Morgan fingerprint density at radius 3 is 2.50 bits per heavy atom. The molecule has 1 atom stereocenters. The molecule has 18 heavy (non-hydrogen) atoms. The largest absolute Gasteiger partial charge is 1.00 e. The summed E-state index contributed by atoms with van der Waals surface area (Å²) in [6, 6.07) is 7.58. The van der Waals surface area contributed by atoms with Crippen LogP contribution in [0.15, 0.2) is 35.3 Å². The number of aliphatic carboxylic acids is 1. The first-order valence-corrected chi connectivity index (χ1v) is 5.68. The molecule has 0 aliphatic heterocycles. The van der Waals surface area contributed by atoms with Gasteiger partial charge in [0.25, 0.3) is 0 Å². The van der Waals surface area contributed by atoms with Crippen LogP contribution in [0.4, 0.5) is 0 Å². The average molecular weight is 257 g/mol. The van der Waals surface area contributed by atoms with Crippen molar-refractivity contribution in [3.8, 4) is 0 Å². The van der Waals surface area contributed by atoms with Crippen LogP contribution >= 0.6 is 0 Å². The third-order valence-electron chi connectivity index (χ3n) is 2.41. The summed E-state index contributed by atoms with van der Waals surface area (Å²) in [5, 5.41) is 20.6. The minimum absolute atomic E-state index is 0. The Morgan fingerprint density at radius 1 is 1.39 bits per heavy atom. The average Bonchev–Trinajstić information content (AvgIpc) is 2.35. The van der Waals surface area contributed by atoms with Crippen LogP contribution in [0.25, 0.3) is 0 Å². The summed E-state index contributed by atoms with van der Waals surface area (Å²) in [6.45, 7) is 1.97. The SMILES string of the molecule is CCCCC(N=C([O-])c1ccccc1)C(=O)O.[Na+]. The second kappa shape index (κ2) is 9.14. The molecule has 0 radical (unpaired) electrons. The van der Waals surface area contributed by atoms with Gasteiger partial charge in [-0.2, -0.15) is 0 Å². The van der Waals surface area contributed by atoms with Crippen LogP contribution in [0.1, 0.15) is 31.7 Å². The van der Waals surface area contributed by atoms with Crippen molar-refractivity contribution in [1.82, 2.24) is 0 Å². The van der Waals surface area contributed by atoms with Gasteiger partial charge in [0.1, 0.15) is 6.04 Å². The van der Waals surface area contributed by atoms with Gasteiger partial charge in [-0.15, -0.1) is 0 Å². The summed E-state index contributed by atoms with van der Waals surface area (Å²) in [7, 11) is 0. The van der Waals surface area contributed by atoms with Crippen molar-refractivity contribution in [2.75, 3.05) is 0 Å². The summed E-state index contributed by atoms with van der Waals surface area (Å²) < 4.78 is 0. The van der Waals surface area contributed by atoms with Gasteiger partial charge in [0.2, 0.25) is 0 Å². The molecular weight excluding hydrogens is 241 g/mol. The van der Waals surface area contributed by atoms with Gasteiger partial charge in [-0.25, -0.2) is 4.79 Å². The Balaban J connectivity index is 0.00000289. The Morgan fingerprint density at radius 2 is 2.00 bits per heavy atom. The van der Waals surface area contributed by atoms with Crippen molar-refractivity contribution in [3.63, 3.8) is 0 Å². The minimum atomic E-state index is -1.04. The second-order valence-corrected chi connectivity index (χ2v) is 3.80. The first-order valence-electron chi connectivity index (χ1n) is 5.68. The number of aliphatic imine (C=N–C) groups is 1. The van der Waals surface area contributed by atoms with Gasteiger partial charge in [0.15, 0.2) is 0 Å². The van der Waals surface area contributed by atoms with Crippen LogP contribution in [0.5, 0.6) is 0 Å². The maximum atomic E-state index is 11.7. The molecule has 5 heteroatoms. The molecule has 0 bridgehead atoms. The van der Waals surface area contributed by atoms with Crippen LogP contribution in [0.2, 0.25) is 0 Å². The van der Waals surface area contributed by atoms with Crippen LogP contribution in [-0.4, -0.2) is 23.0 Å². The van der Waals surface area contributed by atoms with E-state index in [0.717, 1.165) is 12.8 Å². The Labute approximate surface area is 129 Å². The fourth-order valence-electron chi connectivity index (χ4n) is 1.44. The van der Waals surface area contributed by atoms with Crippen molar-refractivity contribution >= 4 is 11.9 Å². The molecule has 92 valence electrons. The van der Waals surface area contributed by atoms with Crippen molar-refractivity contribution in [3.05, 3.63) is 35.9 Å². The summed E-state index contributed by atoms with van der Waals surface area (Å²) in [5.74, 6) is -1.50. The van der Waals surface area contributed by atoms with E-state index < -0.39 is 17.9 Å². The number of hydrogen-bond acceptors (Lipinski definition) is 3. The van der Waals surface area contributed by atoms with E-state index in [1.165, 1.54) is 0 Å². The third kappa shape index (κ3) is 5.67. The number of carboxylic acids is 1. The van der Waals surface area contributed by atoms with E-state index in [2.05, 4.69) is 4.99 Å². The number of unbranched alkanes of at least 4 members (excludes halogenated alkanes) is 1.